The fourth-order valence-electron chi connectivity index (χ4n) is 2.56. The van der Waals surface area contributed by atoms with Gasteiger partial charge in [0.1, 0.15) is 12.3 Å². The maximum atomic E-state index is 11.8. The molecule has 28 heavy (non-hydrogen) atoms. The molecule has 2 rings (SSSR count). The molecule has 0 atom stereocenters. The van der Waals surface area contributed by atoms with Crippen LogP contribution in [0.15, 0.2) is 58.1 Å². The molecule has 7 heteroatoms. The van der Waals surface area contributed by atoms with Gasteiger partial charge in [-0.2, -0.15) is 0 Å². The first-order valence-corrected chi connectivity index (χ1v) is 9.57. The summed E-state index contributed by atoms with van der Waals surface area (Å²) in [6, 6.07) is 14.1. The van der Waals surface area contributed by atoms with Gasteiger partial charge in [0.05, 0.1) is 6.26 Å². The number of furan rings is 1. The highest BCUT2D eigenvalue weighted by Crippen LogP contribution is 2.10. The second kappa shape index (κ2) is 11.7. The van der Waals surface area contributed by atoms with Gasteiger partial charge < -0.3 is 24.9 Å². The van der Waals surface area contributed by atoms with E-state index in [1.54, 1.807) is 25.3 Å². The Kier molecular flexibility index (Phi) is 8.91. The Balaban J connectivity index is 1.78. The van der Waals surface area contributed by atoms with Crippen molar-refractivity contribution in [1.29, 1.82) is 0 Å². The molecule has 152 valence electrons. The lowest BCUT2D eigenvalue weighted by Gasteiger charge is -2.20. The molecule has 0 aliphatic carbocycles. The first-order valence-electron chi connectivity index (χ1n) is 9.57. The molecule has 1 amide bonds. The number of carbonyl (C=O) groups excluding carboxylic acids is 1. The number of hydrogen-bond acceptors (Lipinski definition) is 4. The number of likely N-dealkylation sites (N-methyl/N-ethyl adjacent to an activating group) is 1. The fourth-order valence-corrected chi connectivity index (χ4v) is 2.56. The lowest BCUT2D eigenvalue weighted by atomic mass is 10.3. The van der Waals surface area contributed by atoms with Gasteiger partial charge in [-0.05, 0) is 30.7 Å². The molecule has 7 nitrogen and oxygen atoms in total. The van der Waals surface area contributed by atoms with Crippen molar-refractivity contribution < 1.29 is 9.21 Å². The van der Waals surface area contributed by atoms with E-state index >= 15 is 0 Å². The summed E-state index contributed by atoms with van der Waals surface area (Å²) < 4.78 is 5.35. The van der Waals surface area contributed by atoms with Crippen molar-refractivity contribution in [1.82, 2.24) is 15.5 Å². The van der Waals surface area contributed by atoms with Crippen LogP contribution in [0.3, 0.4) is 0 Å². The molecule has 0 saturated carbocycles. The number of nitrogens with one attached hydrogen (secondary N) is 2. The SMILES string of the molecule is CN(C)C(=O)CN=C(NCCCN(C)c1ccccc1)NCCc1ccco1. The third-order valence-corrected chi connectivity index (χ3v) is 4.27. The number of aliphatic imine (C=N–C) groups is 1. The molecule has 0 spiro atoms. The van der Waals surface area contributed by atoms with Gasteiger partial charge >= 0.3 is 0 Å². The average molecular weight is 386 g/mol. The number of hydrogen-bond donors (Lipinski definition) is 2. The van der Waals surface area contributed by atoms with E-state index < -0.39 is 0 Å². The number of anilines is 1. The van der Waals surface area contributed by atoms with Crippen LogP contribution in [-0.4, -0.2) is 64.1 Å². The highest BCUT2D eigenvalue weighted by molar-refractivity contribution is 5.84. The Labute approximate surface area is 167 Å². The van der Waals surface area contributed by atoms with Crippen molar-refractivity contribution in [3.05, 3.63) is 54.5 Å². The lowest BCUT2D eigenvalue weighted by molar-refractivity contribution is -0.127. The number of nitrogens with zero attached hydrogens (tertiary/aromatic N) is 3. The Morgan fingerprint density at radius 1 is 1.04 bits per heavy atom. The van der Waals surface area contributed by atoms with E-state index in [4.69, 9.17) is 4.42 Å². The molecule has 0 aliphatic rings. The Morgan fingerprint density at radius 3 is 2.46 bits per heavy atom. The van der Waals surface area contributed by atoms with Crippen LogP contribution in [0, 0.1) is 0 Å². The van der Waals surface area contributed by atoms with E-state index in [9.17, 15) is 4.79 Å². The van der Waals surface area contributed by atoms with Crippen LogP contribution >= 0.6 is 0 Å². The molecule has 0 radical (unpaired) electrons. The van der Waals surface area contributed by atoms with Gasteiger partial charge in [-0.1, -0.05) is 18.2 Å². The molecule has 0 fully saturated rings. The molecule has 1 heterocycles. The predicted molar refractivity (Wildman–Crippen MR) is 114 cm³/mol. The Bertz CT molecular complexity index is 714. The number of benzene rings is 1. The maximum absolute atomic E-state index is 11.8. The Hall–Kier alpha value is -2.96. The zero-order valence-electron chi connectivity index (χ0n) is 17.0. The van der Waals surface area contributed by atoms with Crippen LogP contribution in [-0.2, 0) is 11.2 Å². The topological polar surface area (TPSA) is 73.1 Å². The van der Waals surface area contributed by atoms with E-state index in [1.165, 1.54) is 5.69 Å². The van der Waals surface area contributed by atoms with Crippen molar-refractivity contribution in [3.63, 3.8) is 0 Å². The van der Waals surface area contributed by atoms with Crippen LogP contribution in [0.4, 0.5) is 5.69 Å². The second-order valence-electron chi connectivity index (χ2n) is 6.75. The molecule has 1 aromatic heterocycles. The zero-order chi connectivity index (χ0) is 20.2. The highest BCUT2D eigenvalue weighted by Gasteiger charge is 2.05. The number of amides is 1. The first kappa shape index (κ1) is 21.3. The highest BCUT2D eigenvalue weighted by atomic mass is 16.3. The summed E-state index contributed by atoms with van der Waals surface area (Å²) in [5.41, 5.74) is 1.20. The number of guanidine groups is 1. The molecular formula is C21H31N5O2. The molecule has 0 saturated heterocycles. The molecular weight excluding hydrogens is 354 g/mol. The van der Waals surface area contributed by atoms with Gasteiger partial charge in [0, 0.05) is 52.9 Å². The van der Waals surface area contributed by atoms with Crippen molar-refractivity contribution >= 4 is 17.6 Å². The minimum atomic E-state index is -0.0315. The number of rotatable bonds is 10. The third kappa shape index (κ3) is 7.73. The molecule has 0 unspecified atom stereocenters. The van der Waals surface area contributed by atoms with Crippen LogP contribution in [0.5, 0.6) is 0 Å². The monoisotopic (exact) mass is 385 g/mol. The first-order chi connectivity index (χ1) is 13.6. The van der Waals surface area contributed by atoms with E-state index in [-0.39, 0.29) is 12.5 Å². The van der Waals surface area contributed by atoms with Gasteiger partial charge in [0.2, 0.25) is 5.91 Å². The van der Waals surface area contributed by atoms with E-state index in [0.29, 0.717) is 12.5 Å². The summed E-state index contributed by atoms with van der Waals surface area (Å²) in [6.45, 7) is 2.49. The predicted octanol–water partition coefficient (Wildman–Crippen LogP) is 1.97. The van der Waals surface area contributed by atoms with Crippen molar-refractivity contribution in [2.45, 2.75) is 12.8 Å². The third-order valence-electron chi connectivity index (χ3n) is 4.27. The van der Waals surface area contributed by atoms with E-state index in [2.05, 4.69) is 39.7 Å². The summed E-state index contributed by atoms with van der Waals surface area (Å²) in [4.78, 5) is 20.0. The molecule has 1 aromatic carbocycles. The van der Waals surface area contributed by atoms with Gasteiger partial charge in [-0.3, -0.25) is 4.79 Å². The van der Waals surface area contributed by atoms with Crippen molar-refractivity contribution in [2.75, 3.05) is 52.2 Å². The Morgan fingerprint density at radius 2 is 1.79 bits per heavy atom. The van der Waals surface area contributed by atoms with Gasteiger partial charge in [0.15, 0.2) is 5.96 Å². The summed E-state index contributed by atoms with van der Waals surface area (Å²) in [7, 11) is 5.55. The molecule has 0 aliphatic heterocycles. The van der Waals surface area contributed by atoms with Gasteiger partial charge in [0.25, 0.3) is 0 Å². The summed E-state index contributed by atoms with van der Waals surface area (Å²) in [5.74, 6) is 1.53. The molecule has 2 N–H and O–H groups in total. The van der Waals surface area contributed by atoms with Crippen molar-refractivity contribution in [3.8, 4) is 0 Å². The van der Waals surface area contributed by atoms with Crippen molar-refractivity contribution in [2.24, 2.45) is 4.99 Å². The number of para-hydroxylation sites is 1. The van der Waals surface area contributed by atoms with Crippen LogP contribution < -0.4 is 15.5 Å². The smallest absolute Gasteiger partial charge is 0.243 e. The molecule has 0 bridgehead atoms. The largest absolute Gasteiger partial charge is 0.469 e. The zero-order valence-corrected chi connectivity index (χ0v) is 17.0. The van der Waals surface area contributed by atoms with Crippen LogP contribution in [0.2, 0.25) is 0 Å². The van der Waals surface area contributed by atoms with Crippen LogP contribution in [0.25, 0.3) is 0 Å². The summed E-state index contributed by atoms with van der Waals surface area (Å²) in [5, 5.41) is 6.58. The quantitative estimate of drug-likeness (QED) is 0.372. The van der Waals surface area contributed by atoms with Gasteiger partial charge in [-0.25, -0.2) is 4.99 Å². The average Bonchev–Trinajstić information content (AvgIpc) is 3.22. The molecule has 2 aromatic rings. The minimum absolute atomic E-state index is 0.0315. The van der Waals surface area contributed by atoms with Crippen LogP contribution in [0.1, 0.15) is 12.2 Å². The fraction of sp³-hybridized carbons (Fsp3) is 0.429. The number of carbonyl (C=O) groups is 1. The summed E-state index contributed by atoms with van der Waals surface area (Å²) >= 11 is 0. The maximum Gasteiger partial charge on any atom is 0.243 e. The normalized spacial score (nSPS) is 11.2. The minimum Gasteiger partial charge on any atom is -0.469 e. The second-order valence-corrected chi connectivity index (χ2v) is 6.75. The summed E-state index contributed by atoms with van der Waals surface area (Å²) in [6.07, 6.45) is 3.37. The van der Waals surface area contributed by atoms with E-state index in [1.807, 2.05) is 30.3 Å². The van der Waals surface area contributed by atoms with Gasteiger partial charge in [-0.15, -0.1) is 0 Å². The lowest BCUT2D eigenvalue weighted by Crippen LogP contribution is -2.40. The standard InChI is InChI=1S/C21H31N5O2/c1-25(2)20(27)17-24-21(23-14-12-19-11-7-16-28-19)22-13-8-15-26(3)18-9-5-4-6-10-18/h4-7,9-11,16H,8,12-15,17H2,1-3H3,(H2,22,23,24). The van der Waals surface area contributed by atoms with E-state index in [0.717, 1.165) is 31.7 Å².